The maximum absolute atomic E-state index is 12.5. The van der Waals surface area contributed by atoms with Crippen molar-refractivity contribution < 1.29 is 33.7 Å². The van der Waals surface area contributed by atoms with E-state index in [9.17, 15) is 14.4 Å². The number of carbonyl (C=O) groups excluding carboxylic acids is 2. The Morgan fingerprint density at radius 1 is 1.03 bits per heavy atom. The number of carboxylic acids is 1. The number of alkyl carbamates (subject to hydrolysis) is 1. The minimum atomic E-state index is -1.06. The number of ether oxygens (including phenoxy) is 3. The highest BCUT2D eigenvalue weighted by molar-refractivity contribution is 5.86. The molecule has 0 saturated heterocycles. The Balaban J connectivity index is 1.56. The minimum absolute atomic E-state index is 0.0501. The van der Waals surface area contributed by atoms with Gasteiger partial charge >= 0.3 is 12.1 Å². The summed E-state index contributed by atoms with van der Waals surface area (Å²) in [4.78, 5) is 36.1. The number of benzene rings is 2. The van der Waals surface area contributed by atoms with Crippen molar-refractivity contribution in [2.45, 2.75) is 31.2 Å². The molecule has 1 aliphatic rings. The first-order valence-corrected chi connectivity index (χ1v) is 11.2. The Morgan fingerprint density at radius 3 is 2.29 bits per heavy atom. The van der Waals surface area contributed by atoms with Crippen molar-refractivity contribution in [2.24, 2.45) is 0 Å². The molecule has 9 heteroatoms. The van der Waals surface area contributed by atoms with Crippen LogP contribution in [0, 0.1) is 0 Å². The van der Waals surface area contributed by atoms with Crippen molar-refractivity contribution in [3.05, 3.63) is 59.7 Å². The van der Waals surface area contributed by atoms with Gasteiger partial charge in [0.1, 0.15) is 19.4 Å². The van der Waals surface area contributed by atoms with Crippen LogP contribution in [-0.4, -0.2) is 62.8 Å². The molecule has 2 amide bonds. The van der Waals surface area contributed by atoms with Crippen molar-refractivity contribution in [1.82, 2.24) is 10.6 Å². The topological polar surface area (TPSA) is 123 Å². The Morgan fingerprint density at radius 2 is 1.68 bits per heavy atom. The molecular weight excluding hydrogens is 440 g/mol. The summed E-state index contributed by atoms with van der Waals surface area (Å²) in [6.07, 6.45) is -0.536. The average Bonchev–Trinajstić information content (AvgIpc) is 3.16. The maximum atomic E-state index is 12.5. The van der Waals surface area contributed by atoms with Gasteiger partial charge in [0.2, 0.25) is 5.91 Å². The molecule has 0 fully saturated rings. The molecule has 3 rings (SSSR count). The first kappa shape index (κ1) is 25.2. The number of nitrogens with one attached hydrogen (secondary N) is 2. The van der Waals surface area contributed by atoms with E-state index in [1.807, 2.05) is 48.5 Å². The standard InChI is InChI=1S/C25H30N2O7/c1-32-16-33-14-6-13-26-24(30)22(11-12-23(28)29)27-25(31)34-15-21-19-9-4-2-7-17(19)18-8-3-5-10-20(18)21/h2-5,7-10,21-22H,6,11-16H2,1H3,(H,26,30)(H,27,31)(H,28,29). The van der Waals surface area contributed by atoms with Gasteiger partial charge in [0.15, 0.2) is 0 Å². The molecule has 0 heterocycles. The van der Waals surface area contributed by atoms with Gasteiger partial charge < -0.3 is 30.0 Å². The number of carbonyl (C=O) groups is 3. The smallest absolute Gasteiger partial charge is 0.407 e. The van der Waals surface area contributed by atoms with Gasteiger partial charge in [0, 0.05) is 26.0 Å². The fourth-order valence-electron chi connectivity index (χ4n) is 3.97. The summed E-state index contributed by atoms with van der Waals surface area (Å²) < 4.78 is 15.4. The van der Waals surface area contributed by atoms with E-state index in [-0.39, 0.29) is 32.2 Å². The van der Waals surface area contributed by atoms with Gasteiger partial charge in [0.05, 0.1) is 6.61 Å². The quantitative estimate of drug-likeness (QED) is 0.304. The van der Waals surface area contributed by atoms with E-state index in [0.29, 0.717) is 19.6 Å². The van der Waals surface area contributed by atoms with Gasteiger partial charge in [-0.3, -0.25) is 9.59 Å². The van der Waals surface area contributed by atoms with Crippen molar-refractivity contribution in [3.8, 4) is 11.1 Å². The fraction of sp³-hybridized carbons (Fsp3) is 0.400. The third kappa shape index (κ3) is 6.79. The van der Waals surface area contributed by atoms with Crippen molar-refractivity contribution in [1.29, 1.82) is 0 Å². The summed E-state index contributed by atoms with van der Waals surface area (Å²) in [5.41, 5.74) is 4.38. The minimum Gasteiger partial charge on any atom is -0.481 e. The molecule has 0 aromatic heterocycles. The zero-order valence-electron chi connectivity index (χ0n) is 19.1. The summed E-state index contributed by atoms with van der Waals surface area (Å²) in [6.45, 7) is 0.981. The number of rotatable bonds is 13. The molecule has 0 aliphatic heterocycles. The van der Waals surface area contributed by atoms with Gasteiger partial charge in [-0.25, -0.2) is 4.79 Å². The monoisotopic (exact) mass is 470 g/mol. The highest BCUT2D eigenvalue weighted by Gasteiger charge is 2.29. The number of aliphatic carboxylic acids is 1. The van der Waals surface area contributed by atoms with E-state index in [1.54, 1.807) is 0 Å². The van der Waals surface area contributed by atoms with Crippen LogP contribution in [0.1, 0.15) is 36.3 Å². The first-order valence-electron chi connectivity index (χ1n) is 11.2. The van der Waals surface area contributed by atoms with Crippen LogP contribution >= 0.6 is 0 Å². The number of hydrogen-bond donors (Lipinski definition) is 3. The van der Waals surface area contributed by atoms with Crippen molar-refractivity contribution in [3.63, 3.8) is 0 Å². The Kier molecular flexibility index (Phi) is 9.42. The molecular formula is C25H30N2O7. The molecule has 1 aliphatic carbocycles. The van der Waals surface area contributed by atoms with Crippen LogP contribution in [0.15, 0.2) is 48.5 Å². The molecule has 2 aromatic rings. The third-order valence-electron chi connectivity index (χ3n) is 5.56. The highest BCUT2D eigenvalue weighted by Crippen LogP contribution is 2.44. The first-order chi connectivity index (χ1) is 16.5. The summed E-state index contributed by atoms with van der Waals surface area (Å²) in [5, 5.41) is 14.2. The molecule has 9 nitrogen and oxygen atoms in total. The molecule has 182 valence electrons. The van der Waals surface area contributed by atoms with Crippen LogP contribution in [0.5, 0.6) is 0 Å². The third-order valence-corrected chi connectivity index (χ3v) is 5.56. The zero-order chi connectivity index (χ0) is 24.3. The molecule has 3 N–H and O–H groups in total. The number of amides is 2. The summed E-state index contributed by atoms with van der Waals surface area (Å²) in [5.74, 6) is -1.64. The van der Waals surface area contributed by atoms with Gasteiger partial charge in [0.25, 0.3) is 0 Å². The second kappa shape index (κ2) is 12.7. The SMILES string of the molecule is COCOCCCNC(=O)C(CCC(=O)O)NC(=O)OCC1c2ccccc2-c2ccccc21. The van der Waals surface area contributed by atoms with Gasteiger partial charge in [-0.15, -0.1) is 0 Å². The van der Waals surface area contributed by atoms with Crippen LogP contribution in [0.4, 0.5) is 4.79 Å². The fourth-order valence-corrected chi connectivity index (χ4v) is 3.97. The number of fused-ring (bicyclic) bond motifs is 3. The largest absolute Gasteiger partial charge is 0.481 e. The molecule has 0 bridgehead atoms. The normalized spacial score (nSPS) is 13.0. The lowest BCUT2D eigenvalue weighted by atomic mass is 9.98. The number of carboxylic acid groups (broad SMARTS) is 1. The van der Waals surface area contributed by atoms with E-state index in [2.05, 4.69) is 10.6 Å². The summed E-state index contributed by atoms with van der Waals surface area (Å²) in [7, 11) is 1.52. The Bertz CT molecular complexity index is 949. The predicted octanol–water partition coefficient (Wildman–Crippen LogP) is 2.89. The lowest BCUT2D eigenvalue weighted by Crippen LogP contribution is -2.47. The van der Waals surface area contributed by atoms with Crippen LogP contribution in [0.25, 0.3) is 11.1 Å². The Hall–Kier alpha value is -3.43. The molecule has 0 spiro atoms. The number of hydrogen-bond acceptors (Lipinski definition) is 6. The van der Waals surface area contributed by atoms with Gasteiger partial charge in [-0.2, -0.15) is 0 Å². The van der Waals surface area contributed by atoms with E-state index in [4.69, 9.17) is 19.3 Å². The van der Waals surface area contributed by atoms with Crippen molar-refractivity contribution >= 4 is 18.0 Å². The van der Waals surface area contributed by atoms with E-state index in [0.717, 1.165) is 22.3 Å². The van der Waals surface area contributed by atoms with E-state index in [1.165, 1.54) is 7.11 Å². The average molecular weight is 471 g/mol. The molecule has 2 aromatic carbocycles. The van der Waals surface area contributed by atoms with Crippen LogP contribution in [0.2, 0.25) is 0 Å². The zero-order valence-corrected chi connectivity index (χ0v) is 19.1. The van der Waals surface area contributed by atoms with Gasteiger partial charge in [-0.1, -0.05) is 48.5 Å². The maximum Gasteiger partial charge on any atom is 0.407 e. The second-order valence-corrected chi connectivity index (χ2v) is 7.91. The summed E-state index contributed by atoms with van der Waals surface area (Å²) in [6, 6.07) is 14.9. The second-order valence-electron chi connectivity index (χ2n) is 7.91. The lowest BCUT2D eigenvalue weighted by Gasteiger charge is -2.19. The number of methoxy groups -OCH3 is 1. The van der Waals surface area contributed by atoms with E-state index < -0.39 is 24.0 Å². The lowest BCUT2D eigenvalue weighted by molar-refractivity contribution is -0.137. The van der Waals surface area contributed by atoms with Crippen LogP contribution in [-0.2, 0) is 23.8 Å². The predicted molar refractivity (Wildman–Crippen MR) is 124 cm³/mol. The van der Waals surface area contributed by atoms with Crippen LogP contribution < -0.4 is 10.6 Å². The molecule has 1 unspecified atom stereocenters. The molecule has 34 heavy (non-hydrogen) atoms. The van der Waals surface area contributed by atoms with Crippen molar-refractivity contribution in [2.75, 3.05) is 33.7 Å². The molecule has 1 atom stereocenters. The Labute approximate surface area is 198 Å². The highest BCUT2D eigenvalue weighted by atomic mass is 16.7. The summed E-state index contributed by atoms with van der Waals surface area (Å²) >= 11 is 0. The van der Waals surface area contributed by atoms with Crippen LogP contribution in [0.3, 0.4) is 0 Å². The van der Waals surface area contributed by atoms with E-state index >= 15 is 0 Å². The molecule has 0 saturated carbocycles. The van der Waals surface area contributed by atoms with Gasteiger partial charge in [-0.05, 0) is 35.1 Å². The molecule has 0 radical (unpaired) electrons.